The van der Waals surface area contributed by atoms with Gasteiger partial charge in [0, 0.05) is 24.0 Å². The van der Waals surface area contributed by atoms with Crippen LogP contribution in [-0.4, -0.2) is 32.5 Å². The van der Waals surface area contributed by atoms with Crippen LogP contribution in [0.2, 0.25) is 0 Å². The SMILES string of the molecule is NS(=O)(=O)c1ccc(CCNC(=O)COc2ccnc3c2CCCC3)cc1. The standard InChI is InChI=1S/C19H23N3O4S/c20-27(24,25)15-7-5-14(6-8-15)9-11-22-19(23)13-26-18-10-12-21-17-4-2-1-3-16(17)18/h5-8,10,12H,1-4,9,11,13H2,(H,22,23)(H2,20,24,25). The van der Waals surface area contributed by atoms with Crippen LogP contribution in [-0.2, 0) is 34.1 Å². The number of ether oxygens (including phenoxy) is 1. The number of nitrogens with one attached hydrogen (secondary N) is 1. The minimum absolute atomic E-state index is 0.0409. The van der Waals surface area contributed by atoms with Crippen LogP contribution in [0.3, 0.4) is 0 Å². The molecule has 1 heterocycles. The van der Waals surface area contributed by atoms with E-state index in [9.17, 15) is 13.2 Å². The van der Waals surface area contributed by atoms with Gasteiger partial charge in [0.2, 0.25) is 10.0 Å². The number of fused-ring (bicyclic) bond motifs is 1. The number of hydrogen-bond acceptors (Lipinski definition) is 5. The Morgan fingerprint density at radius 2 is 1.89 bits per heavy atom. The first-order chi connectivity index (χ1) is 12.9. The van der Waals surface area contributed by atoms with Crippen molar-refractivity contribution in [2.45, 2.75) is 37.0 Å². The molecule has 1 aliphatic rings. The van der Waals surface area contributed by atoms with Crippen LogP contribution in [0.5, 0.6) is 5.75 Å². The molecule has 144 valence electrons. The van der Waals surface area contributed by atoms with Gasteiger partial charge < -0.3 is 10.1 Å². The lowest BCUT2D eigenvalue weighted by Crippen LogP contribution is -2.30. The third-order valence-corrected chi connectivity index (χ3v) is 5.47. The summed E-state index contributed by atoms with van der Waals surface area (Å²) in [5.74, 6) is 0.547. The van der Waals surface area contributed by atoms with E-state index >= 15 is 0 Å². The van der Waals surface area contributed by atoms with Crippen LogP contribution in [0.25, 0.3) is 0 Å². The van der Waals surface area contributed by atoms with Crippen LogP contribution < -0.4 is 15.2 Å². The molecule has 27 heavy (non-hydrogen) atoms. The summed E-state index contributed by atoms with van der Waals surface area (Å²) in [4.78, 5) is 16.5. The Morgan fingerprint density at radius 3 is 2.63 bits per heavy atom. The molecule has 0 saturated heterocycles. The van der Waals surface area contributed by atoms with Gasteiger partial charge in [-0.25, -0.2) is 13.6 Å². The number of aromatic nitrogens is 1. The van der Waals surface area contributed by atoms with Crippen molar-refractivity contribution in [3.05, 3.63) is 53.3 Å². The van der Waals surface area contributed by atoms with Gasteiger partial charge in [-0.1, -0.05) is 12.1 Å². The van der Waals surface area contributed by atoms with E-state index in [2.05, 4.69) is 10.3 Å². The molecule has 0 aliphatic heterocycles. The number of pyridine rings is 1. The van der Waals surface area contributed by atoms with Crippen molar-refractivity contribution in [2.75, 3.05) is 13.2 Å². The molecule has 0 spiro atoms. The van der Waals surface area contributed by atoms with Crippen molar-refractivity contribution in [3.8, 4) is 5.75 Å². The average molecular weight is 389 g/mol. The summed E-state index contributed by atoms with van der Waals surface area (Å²) < 4.78 is 28.1. The fourth-order valence-corrected chi connectivity index (χ4v) is 3.63. The molecular weight excluding hydrogens is 366 g/mol. The molecule has 0 bridgehead atoms. The Morgan fingerprint density at radius 1 is 1.15 bits per heavy atom. The molecule has 7 nitrogen and oxygen atoms in total. The van der Waals surface area contributed by atoms with Crippen molar-refractivity contribution < 1.29 is 17.9 Å². The highest BCUT2D eigenvalue weighted by atomic mass is 32.2. The number of carbonyl (C=O) groups is 1. The monoisotopic (exact) mass is 389 g/mol. The summed E-state index contributed by atoms with van der Waals surface area (Å²) >= 11 is 0. The number of nitrogens with two attached hydrogens (primary N) is 1. The van der Waals surface area contributed by atoms with Crippen molar-refractivity contribution >= 4 is 15.9 Å². The van der Waals surface area contributed by atoms with E-state index in [-0.39, 0.29) is 17.4 Å². The fourth-order valence-electron chi connectivity index (χ4n) is 3.11. The van der Waals surface area contributed by atoms with E-state index in [0.29, 0.717) is 13.0 Å². The largest absolute Gasteiger partial charge is 0.483 e. The molecule has 1 aromatic carbocycles. The number of sulfonamides is 1. The summed E-state index contributed by atoms with van der Waals surface area (Å²) in [6.45, 7) is 0.395. The predicted molar refractivity (Wildman–Crippen MR) is 101 cm³/mol. The molecule has 0 atom stereocenters. The molecule has 2 aromatic rings. The lowest BCUT2D eigenvalue weighted by molar-refractivity contribution is -0.123. The second kappa shape index (κ2) is 8.49. The summed E-state index contributed by atoms with van der Waals surface area (Å²) in [6.07, 6.45) is 6.47. The maximum absolute atomic E-state index is 12.0. The van der Waals surface area contributed by atoms with Crippen molar-refractivity contribution in [2.24, 2.45) is 5.14 Å². The van der Waals surface area contributed by atoms with E-state index < -0.39 is 10.0 Å². The number of carbonyl (C=O) groups excluding carboxylic acids is 1. The number of benzene rings is 1. The second-order valence-corrected chi connectivity index (χ2v) is 8.08. The highest BCUT2D eigenvalue weighted by Crippen LogP contribution is 2.27. The molecular formula is C19H23N3O4S. The third-order valence-electron chi connectivity index (χ3n) is 4.54. The van der Waals surface area contributed by atoms with E-state index in [4.69, 9.17) is 9.88 Å². The normalized spacial score (nSPS) is 13.7. The maximum atomic E-state index is 12.0. The third kappa shape index (κ3) is 5.27. The number of hydrogen-bond donors (Lipinski definition) is 2. The first kappa shape index (κ1) is 19.3. The smallest absolute Gasteiger partial charge is 0.257 e. The molecule has 0 saturated carbocycles. The van der Waals surface area contributed by atoms with Gasteiger partial charge in [0.25, 0.3) is 5.91 Å². The Balaban J connectivity index is 1.45. The Kier molecular flexibility index (Phi) is 6.08. The van der Waals surface area contributed by atoms with Gasteiger partial charge in [-0.15, -0.1) is 0 Å². The lowest BCUT2D eigenvalue weighted by atomic mass is 9.95. The van der Waals surface area contributed by atoms with Gasteiger partial charge in [0.1, 0.15) is 5.75 Å². The second-order valence-electron chi connectivity index (χ2n) is 6.52. The Bertz CT molecular complexity index is 911. The van der Waals surface area contributed by atoms with E-state index in [1.807, 2.05) is 6.07 Å². The fraction of sp³-hybridized carbons (Fsp3) is 0.368. The molecule has 1 amide bonds. The molecule has 0 fully saturated rings. The summed E-state index contributed by atoms with van der Waals surface area (Å²) in [5, 5.41) is 7.87. The highest BCUT2D eigenvalue weighted by molar-refractivity contribution is 7.89. The molecule has 0 unspecified atom stereocenters. The van der Waals surface area contributed by atoms with Crippen LogP contribution in [0.1, 0.15) is 29.7 Å². The first-order valence-corrected chi connectivity index (χ1v) is 10.5. The van der Waals surface area contributed by atoms with Gasteiger partial charge in [0.15, 0.2) is 6.61 Å². The maximum Gasteiger partial charge on any atom is 0.257 e. The number of nitrogens with zero attached hydrogens (tertiary/aromatic N) is 1. The van der Waals surface area contributed by atoms with Gasteiger partial charge in [-0.2, -0.15) is 0 Å². The molecule has 1 aromatic heterocycles. The number of primary sulfonamides is 1. The predicted octanol–water partition coefficient (Wildman–Crippen LogP) is 1.35. The van der Waals surface area contributed by atoms with Gasteiger partial charge in [0.05, 0.1) is 4.90 Å². The van der Waals surface area contributed by atoms with E-state index in [0.717, 1.165) is 48.3 Å². The number of rotatable bonds is 7. The minimum atomic E-state index is -3.68. The summed E-state index contributed by atoms with van der Waals surface area (Å²) in [6, 6.07) is 8.10. The van der Waals surface area contributed by atoms with Gasteiger partial charge in [-0.3, -0.25) is 9.78 Å². The molecule has 0 radical (unpaired) electrons. The summed E-state index contributed by atoms with van der Waals surface area (Å²) in [7, 11) is -3.68. The zero-order valence-electron chi connectivity index (χ0n) is 15.0. The van der Waals surface area contributed by atoms with E-state index in [1.54, 1.807) is 18.3 Å². The van der Waals surface area contributed by atoms with Crippen molar-refractivity contribution in [3.63, 3.8) is 0 Å². The Labute approximate surface area is 159 Å². The zero-order valence-corrected chi connectivity index (χ0v) is 15.8. The van der Waals surface area contributed by atoms with Crippen LogP contribution in [0, 0.1) is 0 Å². The Hall–Kier alpha value is -2.45. The van der Waals surface area contributed by atoms with Gasteiger partial charge in [-0.05, 0) is 55.9 Å². The van der Waals surface area contributed by atoms with Crippen LogP contribution in [0.4, 0.5) is 0 Å². The molecule has 3 N–H and O–H groups in total. The summed E-state index contributed by atoms with van der Waals surface area (Å²) in [5.41, 5.74) is 3.10. The molecule has 8 heteroatoms. The quantitative estimate of drug-likeness (QED) is 0.742. The van der Waals surface area contributed by atoms with Crippen LogP contribution >= 0.6 is 0 Å². The van der Waals surface area contributed by atoms with E-state index in [1.165, 1.54) is 12.1 Å². The molecule has 1 aliphatic carbocycles. The average Bonchev–Trinajstić information content (AvgIpc) is 2.66. The minimum Gasteiger partial charge on any atom is -0.483 e. The van der Waals surface area contributed by atoms with Crippen molar-refractivity contribution in [1.29, 1.82) is 0 Å². The topological polar surface area (TPSA) is 111 Å². The van der Waals surface area contributed by atoms with Crippen LogP contribution in [0.15, 0.2) is 41.4 Å². The first-order valence-electron chi connectivity index (χ1n) is 8.91. The zero-order chi connectivity index (χ0) is 19.3. The number of aryl methyl sites for hydroxylation is 1. The molecule has 3 rings (SSSR count). The van der Waals surface area contributed by atoms with Crippen molar-refractivity contribution in [1.82, 2.24) is 10.3 Å². The number of amides is 1. The highest BCUT2D eigenvalue weighted by Gasteiger charge is 2.15. The van der Waals surface area contributed by atoms with Gasteiger partial charge >= 0.3 is 0 Å². The lowest BCUT2D eigenvalue weighted by Gasteiger charge is -2.18.